The highest BCUT2D eigenvalue weighted by Crippen LogP contribution is 2.29. The predicted molar refractivity (Wildman–Crippen MR) is 65.8 cm³/mol. The van der Waals surface area contributed by atoms with E-state index in [0.717, 1.165) is 12.1 Å². The zero-order chi connectivity index (χ0) is 13.6. The Labute approximate surface area is 105 Å². The van der Waals surface area contributed by atoms with Crippen molar-refractivity contribution in [1.29, 1.82) is 0 Å². The van der Waals surface area contributed by atoms with Crippen molar-refractivity contribution in [2.75, 3.05) is 0 Å². The van der Waals surface area contributed by atoms with E-state index in [1.807, 2.05) is 0 Å². The summed E-state index contributed by atoms with van der Waals surface area (Å²) in [6.45, 7) is 1.75. The molecule has 1 rings (SSSR count). The average molecular weight is 255 g/mol. The van der Waals surface area contributed by atoms with Crippen LogP contribution in [-0.4, -0.2) is 6.04 Å². The van der Waals surface area contributed by atoms with Crippen molar-refractivity contribution in [2.24, 2.45) is 5.73 Å². The van der Waals surface area contributed by atoms with Crippen molar-refractivity contribution in [3.63, 3.8) is 0 Å². The van der Waals surface area contributed by atoms with Gasteiger partial charge in [-0.1, -0.05) is 18.2 Å². The lowest BCUT2D eigenvalue weighted by molar-refractivity contribution is -0.137. The molecule has 1 aromatic rings. The largest absolute Gasteiger partial charge is 0.416 e. The third kappa shape index (κ3) is 4.80. The quantitative estimate of drug-likeness (QED) is 0.820. The zero-order valence-electron chi connectivity index (χ0n) is 10.2. The summed E-state index contributed by atoms with van der Waals surface area (Å²) in [6, 6.07) is 5.15. The van der Waals surface area contributed by atoms with Crippen molar-refractivity contribution in [3.8, 4) is 11.8 Å². The van der Waals surface area contributed by atoms with Crippen molar-refractivity contribution >= 4 is 0 Å². The van der Waals surface area contributed by atoms with Gasteiger partial charge >= 0.3 is 6.18 Å². The lowest BCUT2D eigenvalue weighted by atomic mass is 10.0. The van der Waals surface area contributed by atoms with Crippen LogP contribution in [-0.2, 0) is 12.6 Å². The molecular weight excluding hydrogens is 239 g/mol. The molecule has 0 saturated heterocycles. The summed E-state index contributed by atoms with van der Waals surface area (Å²) in [6.07, 6.45) is -2.49. The molecular formula is C14H16F3N. The maximum absolute atomic E-state index is 12.5. The van der Waals surface area contributed by atoms with Gasteiger partial charge in [0.1, 0.15) is 0 Å². The molecule has 18 heavy (non-hydrogen) atoms. The molecule has 1 nitrogen and oxygen atoms in total. The standard InChI is InChI=1S/C14H16F3N/c1-2-3-4-8-13(18)10-11-6-5-7-12(9-11)14(15,16)17/h5-7,9,13H,4,8,10,18H2,1H3. The number of hydrogen-bond acceptors (Lipinski definition) is 1. The van der Waals surface area contributed by atoms with E-state index in [9.17, 15) is 13.2 Å². The fourth-order valence-electron chi connectivity index (χ4n) is 1.66. The normalized spacial score (nSPS) is 12.7. The summed E-state index contributed by atoms with van der Waals surface area (Å²) in [5, 5.41) is 0. The van der Waals surface area contributed by atoms with Crippen LogP contribution in [0, 0.1) is 11.8 Å². The molecule has 1 atom stereocenters. The van der Waals surface area contributed by atoms with Gasteiger partial charge in [-0.2, -0.15) is 13.2 Å². The van der Waals surface area contributed by atoms with E-state index in [0.29, 0.717) is 24.8 Å². The van der Waals surface area contributed by atoms with Gasteiger partial charge in [-0.15, -0.1) is 11.8 Å². The fraction of sp³-hybridized carbons (Fsp3) is 0.429. The fourth-order valence-corrected chi connectivity index (χ4v) is 1.66. The second-order valence-electron chi connectivity index (χ2n) is 4.13. The minimum atomic E-state index is -4.30. The Kier molecular flexibility index (Phi) is 5.24. The van der Waals surface area contributed by atoms with Gasteiger partial charge < -0.3 is 5.73 Å². The Morgan fingerprint density at radius 1 is 1.33 bits per heavy atom. The first kappa shape index (κ1) is 14.6. The highest BCUT2D eigenvalue weighted by atomic mass is 19.4. The van der Waals surface area contributed by atoms with Gasteiger partial charge in [0.15, 0.2) is 0 Å². The van der Waals surface area contributed by atoms with Crippen LogP contribution in [0.2, 0.25) is 0 Å². The Morgan fingerprint density at radius 2 is 2.06 bits per heavy atom. The van der Waals surface area contributed by atoms with Crippen LogP contribution in [0.4, 0.5) is 13.2 Å². The number of hydrogen-bond donors (Lipinski definition) is 1. The average Bonchev–Trinajstić information content (AvgIpc) is 2.28. The van der Waals surface area contributed by atoms with Crippen LogP contribution in [0.1, 0.15) is 30.9 Å². The minimum Gasteiger partial charge on any atom is -0.327 e. The number of alkyl halides is 3. The SMILES string of the molecule is CC#CCCC(N)Cc1cccc(C(F)(F)F)c1. The molecule has 0 amide bonds. The molecule has 0 aliphatic rings. The van der Waals surface area contributed by atoms with Crippen molar-refractivity contribution in [2.45, 2.75) is 38.4 Å². The van der Waals surface area contributed by atoms with Crippen molar-refractivity contribution in [1.82, 2.24) is 0 Å². The topological polar surface area (TPSA) is 26.0 Å². The van der Waals surface area contributed by atoms with E-state index in [4.69, 9.17) is 5.73 Å². The van der Waals surface area contributed by atoms with E-state index in [1.54, 1.807) is 13.0 Å². The monoisotopic (exact) mass is 255 g/mol. The van der Waals surface area contributed by atoms with Crippen LogP contribution in [0.5, 0.6) is 0 Å². The maximum atomic E-state index is 12.5. The summed E-state index contributed by atoms with van der Waals surface area (Å²) in [4.78, 5) is 0. The first-order valence-corrected chi connectivity index (χ1v) is 5.75. The highest BCUT2D eigenvalue weighted by molar-refractivity contribution is 5.26. The third-order valence-electron chi connectivity index (χ3n) is 2.57. The molecule has 1 aromatic carbocycles. The molecule has 1 unspecified atom stereocenters. The number of rotatable bonds is 4. The highest BCUT2D eigenvalue weighted by Gasteiger charge is 2.30. The van der Waals surface area contributed by atoms with E-state index >= 15 is 0 Å². The predicted octanol–water partition coefficient (Wildman–Crippen LogP) is 3.38. The van der Waals surface area contributed by atoms with Crippen LogP contribution < -0.4 is 5.73 Å². The first-order chi connectivity index (χ1) is 8.43. The van der Waals surface area contributed by atoms with Gasteiger partial charge in [0, 0.05) is 12.5 Å². The summed E-state index contributed by atoms with van der Waals surface area (Å²) in [7, 11) is 0. The lowest BCUT2D eigenvalue weighted by Gasteiger charge is -2.12. The smallest absolute Gasteiger partial charge is 0.327 e. The molecule has 0 aliphatic carbocycles. The molecule has 0 radical (unpaired) electrons. The zero-order valence-corrected chi connectivity index (χ0v) is 10.2. The van der Waals surface area contributed by atoms with Gasteiger partial charge in [0.05, 0.1) is 5.56 Å². The second-order valence-corrected chi connectivity index (χ2v) is 4.13. The number of nitrogens with two attached hydrogens (primary N) is 1. The van der Waals surface area contributed by atoms with Crippen molar-refractivity contribution in [3.05, 3.63) is 35.4 Å². The summed E-state index contributed by atoms with van der Waals surface area (Å²) in [5.74, 6) is 5.65. The van der Waals surface area contributed by atoms with E-state index < -0.39 is 11.7 Å². The maximum Gasteiger partial charge on any atom is 0.416 e. The number of benzene rings is 1. The van der Waals surface area contributed by atoms with E-state index in [1.165, 1.54) is 6.07 Å². The van der Waals surface area contributed by atoms with Gasteiger partial charge in [-0.05, 0) is 31.4 Å². The summed E-state index contributed by atoms with van der Waals surface area (Å²) >= 11 is 0. The second kappa shape index (κ2) is 6.46. The van der Waals surface area contributed by atoms with E-state index in [-0.39, 0.29) is 6.04 Å². The number of halogens is 3. The Morgan fingerprint density at radius 3 is 2.67 bits per heavy atom. The summed E-state index contributed by atoms with van der Waals surface area (Å²) < 4.78 is 37.5. The van der Waals surface area contributed by atoms with Gasteiger partial charge in [0.2, 0.25) is 0 Å². The van der Waals surface area contributed by atoms with Crippen LogP contribution in [0.25, 0.3) is 0 Å². The first-order valence-electron chi connectivity index (χ1n) is 5.75. The molecule has 2 N–H and O–H groups in total. The summed E-state index contributed by atoms with van der Waals surface area (Å²) in [5.41, 5.74) is 5.84. The molecule has 0 spiro atoms. The Balaban J connectivity index is 2.64. The molecule has 0 aliphatic heterocycles. The van der Waals surface area contributed by atoms with Crippen LogP contribution >= 0.6 is 0 Å². The minimum absolute atomic E-state index is 0.158. The molecule has 0 heterocycles. The van der Waals surface area contributed by atoms with Crippen molar-refractivity contribution < 1.29 is 13.2 Å². The van der Waals surface area contributed by atoms with E-state index in [2.05, 4.69) is 11.8 Å². The molecule has 0 saturated carbocycles. The van der Waals surface area contributed by atoms with Gasteiger partial charge in [-0.3, -0.25) is 0 Å². The van der Waals surface area contributed by atoms with Gasteiger partial charge in [-0.25, -0.2) is 0 Å². The molecule has 98 valence electrons. The molecule has 0 aromatic heterocycles. The molecule has 4 heteroatoms. The van der Waals surface area contributed by atoms with Crippen LogP contribution in [0.3, 0.4) is 0 Å². The molecule has 0 bridgehead atoms. The Bertz CT molecular complexity index is 440. The van der Waals surface area contributed by atoms with Crippen LogP contribution in [0.15, 0.2) is 24.3 Å². The lowest BCUT2D eigenvalue weighted by Crippen LogP contribution is -2.22. The molecule has 0 fully saturated rings. The third-order valence-corrected chi connectivity index (χ3v) is 2.57. The van der Waals surface area contributed by atoms with Gasteiger partial charge in [0.25, 0.3) is 0 Å². The Hall–Kier alpha value is -1.47.